The Morgan fingerprint density at radius 2 is 0.687 bits per heavy atom. The Morgan fingerprint density at radius 1 is 0.299 bits per heavy atom. The molecule has 0 amide bonds. The van der Waals surface area contributed by atoms with Gasteiger partial charge in [0.1, 0.15) is 0 Å². The predicted octanol–water partition coefficient (Wildman–Crippen LogP) is 14.5. The highest BCUT2D eigenvalue weighted by molar-refractivity contribution is 6.14. The number of hydrogen-bond acceptors (Lipinski definition) is 4. The Labute approximate surface area is 384 Å². The van der Waals surface area contributed by atoms with Crippen LogP contribution >= 0.6 is 0 Å². The van der Waals surface area contributed by atoms with Gasteiger partial charge in [-0.1, -0.05) is 109 Å². The maximum Gasteiger partial charge on any atom is 0.160 e. The molecule has 0 unspecified atom stereocenters. The number of nitriles is 2. The minimum absolute atomic E-state index is 0.497. The molecule has 13 aromatic rings. The molecule has 4 aromatic heterocycles. The molecule has 0 bridgehead atoms. The molecule has 7 nitrogen and oxygen atoms in total. The van der Waals surface area contributed by atoms with Crippen molar-refractivity contribution in [2.45, 2.75) is 0 Å². The fourth-order valence-corrected chi connectivity index (χ4v) is 10.1. The monoisotopic (exact) mass is 853 g/mol. The van der Waals surface area contributed by atoms with E-state index in [0.717, 1.165) is 61.3 Å². The molecule has 0 N–H and O–H groups in total. The Morgan fingerprint density at radius 3 is 1.16 bits per heavy atom. The molecule has 0 radical (unpaired) electrons. The molecule has 0 saturated carbocycles. The maximum absolute atomic E-state index is 9.72. The third kappa shape index (κ3) is 6.04. The molecule has 0 fully saturated rings. The summed E-state index contributed by atoms with van der Waals surface area (Å²) in [7, 11) is 0. The van der Waals surface area contributed by atoms with E-state index < -0.39 is 0 Å². The SMILES string of the molecule is N#Cc1cccc(-c2cc(-c3ccc(-n4c5ccc(-n6c7ccccc7c7ccccc76)cc5c5cc(-n6c7ccccc7c7ccccc76)ccc54)cc3)nc(-c3cccc(C#N)c3)n2)c1. The first-order valence-corrected chi connectivity index (χ1v) is 22.2. The molecule has 0 atom stereocenters. The van der Waals surface area contributed by atoms with Crippen molar-refractivity contribution >= 4 is 65.4 Å². The van der Waals surface area contributed by atoms with Crippen molar-refractivity contribution in [3.8, 4) is 63.1 Å². The normalized spacial score (nSPS) is 11.6. The van der Waals surface area contributed by atoms with Crippen LogP contribution < -0.4 is 0 Å². The lowest BCUT2D eigenvalue weighted by molar-refractivity contribution is 1.16. The molecule has 0 aliphatic rings. The highest BCUT2D eigenvalue weighted by Crippen LogP contribution is 2.40. The van der Waals surface area contributed by atoms with E-state index in [1.54, 1.807) is 18.2 Å². The highest BCUT2D eigenvalue weighted by Gasteiger charge is 2.20. The second-order valence-corrected chi connectivity index (χ2v) is 16.9. The van der Waals surface area contributed by atoms with Crippen LogP contribution in [-0.4, -0.2) is 23.7 Å². The first-order chi connectivity index (χ1) is 33.1. The lowest BCUT2D eigenvalue weighted by atomic mass is 10.0. The third-order valence-electron chi connectivity index (χ3n) is 13.1. The minimum Gasteiger partial charge on any atom is -0.309 e. The number of hydrogen-bond donors (Lipinski definition) is 0. The number of aromatic nitrogens is 5. The van der Waals surface area contributed by atoms with Crippen molar-refractivity contribution in [1.82, 2.24) is 23.7 Å². The highest BCUT2D eigenvalue weighted by atomic mass is 15.0. The maximum atomic E-state index is 9.72. The van der Waals surface area contributed by atoms with E-state index in [0.29, 0.717) is 22.6 Å². The lowest BCUT2D eigenvalue weighted by Crippen LogP contribution is -1.98. The molecule has 0 spiro atoms. The summed E-state index contributed by atoms with van der Waals surface area (Å²) in [6.07, 6.45) is 0. The fraction of sp³-hybridized carbons (Fsp3) is 0. The van der Waals surface area contributed by atoms with Crippen LogP contribution in [0.3, 0.4) is 0 Å². The standard InChI is InChI=1S/C60H35N7/c61-36-38-11-9-13-41(31-38)53-35-52(63-60(64-53)42-14-10-12-39(32-42)37-62)40-23-25-43(26-24-40)65-58-29-27-44(66-54-19-5-1-15-46(54)47-16-2-6-20-55(47)66)33-50(58)51-34-45(28-30-59(51)65)67-56-21-7-3-17-48(56)49-18-4-8-22-57(49)67/h1-35H. The average Bonchev–Trinajstić information content (AvgIpc) is 4.04. The molecule has 0 aliphatic heterocycles. The van der Waals surface area contributed by atoms with Crippen LogP contribution in [0.5, 0.6) is 0 Å². The van der Waals surface area contributed by atoms with Gasteiger partial charge in [-0.25, -0.2) is 9.97 Å². The van der Waals surface area contributed by atoms with Crippen LogP contribution in [0.1, 0.15) is 11.1 Å². The molecule has 67 heavy (non-hydrogen) atoms. The molecule has 13 rings (SSSR count). The predicted molar refractivity (Wildman–Crippen MR) is 271 cm³/mol. The van der Waals surface area contributed by atoms with E-state index in [1.165, 1.54) is 43.6 Å². The van der Waals surface area contributed by atoms with E-state index >= 15 is 0 Å². The van der Waals surface area contributed by atoms with Crippen molar-refractivity contribution in [3.63, 3.8) is 0 Å². The minimum atomic E-state index is 0.497. The van der Waals surface area contributed by atoms with Gasteiger partial charge < -0.3 is 13.7 Å². The lowest BCUT2D eigenvalue weighted by Gasteiger charge is -2.12. The van der Waals surface area contributed by atoms with Crippen molar-refractivity contribution in [3.05, 3.63) is 223 Å². The van der Waals surface area contributed by atoms with E-state index in [1.807, 2.05) is 36.4 Å². The van der Waals surface area contributed by atoms with Gasteiger partial charge in [-0.2, -0.15) is 10.5 Å². The number of rotatable bonds is 6. The first-order valence-electron chi connectivity index (χ1n) is 22.2. The van der Waals surface area contributed by atoms with Gasteiger partial charge in [-0.05, 0) is 103 Å². The third-order valence-corrected chi connectivity index (χ3v) is 13.1. The Hall–Kier alpha value is -9.56. The van der Waals surface area contributed by atoms with Gasteiger partial charge in [0.2, 0.25) is 0 Å². The number of fused-ring (bicyclic) bond motifs is 9. The zero-order valence-corrected chi connectivity index (χ0v) is 35.8. The smallest absolute Gasteiger partial charge is 0.160 e. The molecular formula is C60H35N7. The van der Waals surface area contributed by atoms with Gasteiger partial charge in [-0.15, -0.1) is 0 Å². The number of para-hydroxylation sites is 4. The molecule has 0 aliphatic carbocycles. The zero-order valence-electron chi connectivity index (χ0n) is 35.8. The van der Waals surface area contributed by atoms with Crippen molar-refractivity contribution < 1.29 is 0 Å². The Balaban J connectivity index is 1.01. The molecule has 0 saturated heterocycles. The second-order valence-electron chi connectivity index (χ2n) is 16.9. The van der Waals surface area contributed by atoms with Crippen LogP contribution in [0.2, 0.25) is 0 Å². The van der Waals surface area contributed by atoms with Crippen molar-refractivity contribution in [2.75, 3.05) is 0 Å². The van der Waals surface area contributed by atoms with E-state index in [4.69, 9.17) is 9.97 Å². The quantitative estimate of drug-likeness (QED) is 0.167. The number of nitrogens with zero attached hydrogens (tertiary/aromatic N) is 7. The Kier molecular flexibility index (Phi) is 8.51. The van der Waals surface area contributed by atoms with Gasteiger partial charge in [0.15, 0.2) is 5.82 Å². The summed E-state index contributed by atoms with van der Waals surface area (Å²) >= 11 is 0. The van der Waals surface area contributed by atoms with Gasteiger partial charge in [0, 0.05) is 66.1 Å². The van der Waals surface area contributed by atoms with Crippen LogP contribution in [0.4, 0.5) is 0 Å². The van der Waals surface area contributed by atoms with E-state index in [9.17, 15) is 10.5 Å². The summed E-state index contributed by atoms with van der Waals surface area (Å²) in [4.78, 5) is 10.0. The summed E-state index contributed by atoms with van der Waals surface area (Å²) in [6, 6.07) is 78.1. The van der Waals surface area contributed by atoms with E-state index in [2.05, 4.69) is 184 Å². The van der Waals surface area contributed by atoms with E-state index in [-0.39, 0.29) is 0 Å². The first kappa shape index (κ1) is 37.9. The summed E-state index contributed by atoms with van der Waals surface area (Å²) in [6.45, 7) is 0. The molecular weight excluding hydrogens is 819 g/mol. The molecule has 7 heteroatoms. The van der Waals surface area contributed by atoms with Crippen LogP contribution in [0.25, 0.3) is 116 Å². The summed E-state index contributed by atoms with van der Waals surface area (Å²) in [5.41, 5.74) is 15.0. The largest absolute Gasteiger partial charge is 0.309 e. The topological polar surface area (TPSA) is 88.1 Å². The van der Waals surface area contributed by atoms with Crippen LogP contribution in [-0.2, 0) is 0 Å². The van der Waals surface area contributed by atoms with Crippen LogP contribution in [0.15, 0.2) is 212 Å². The fourth-order valence-electron chi connectivity index (χ4n) is 10.1. The summed E-state index contributed by atoms with van der Waals surface area (Å²) in [5.74, 6) is 0.497. The van der Waals surface area contributed by atoms with Crippen LogP contribution in [0, 0.1) is 22.7 Å². The molecule has 310 valence electrons. The molecule has 9 aromatic carbocycles. The van der Waals surface area contributed by atoms with Crippen molar-refractivity contribution in [2.24, 2.45) is 0 Å². The summed E-state index contributed by atoms with van der Waals surface area (Å²) in [5, 5.41) is 26.6. The van der Waals surface area contributed by atoms with Gasteiger partial charge >= 0.3 is 0 Å². The van der Waals surface area contributed by atoms with Crippen molar-refractivity contribution in [1.29, 1.82) is 10.5 Å². The second kappa shape index (κ2) is 15.0. The zero-order chi connectivity index (χ0) is 44.6. The Bertz CT molecular complexity index is 3890. The van der Waals surface area contributed by atoms with Gasteiger partial charge in [0.25, 0.3) is 0 Å². The number of benzene rings is 9. The van der Waals surface area contributed by atoms with Gasteiger partial charge in [0.05, 0.1) is 67.8 Å². The summed E-state index contributed by atoms with van der Waals surface area (Å²) < 4.78 is 7.13. The average molecular weight is 854 g/mol. The molecule has 4 heterocycles. The van der Waals surface area contributed by atoms with Gasteiger partial charge in [-0.3, -0.25) is 0 Å².